The van der Waals surface area contributed by atoms with E-state index in [0.717, 1.165) is 74.2 Å². The molecule has 2 aliphatic carbocycles. The van der Waals surface area contributed by atoms with Gasteiger partial charge in [0.1, 0.15) is 0 Å². The van der Waals surface area contributed by atoms with Crippen molar-refractivity contribution in [1.29, 1.82) is 0 Å². The Labute approximate surface area is 263 Å². The third-order valence-corrected chi connectivity index (χ3v) is 10.3. The second kappa shape index (κ2) is 9.64. The number of hydrogen-bond donors (Lipinski definition) is 3. The predicted octanol–water partition coefficient (Wildman–Crippen LogP) is 7.01. The van der Waals surface area contributed by atoms with Crippen LogP contribution in [0, 0.1) is 19.3 Å². The molecule has 2 aliphatic heterocycles. The summed E-state index contributed by atoms with van der Waals surface area (Å²) < 4.78 is 2.06. The van der Waals surface area contributed by atoms with Gasteiger partial charge < -0.3 is 10.6 Å². The molecule has 0 saturated carbocycles. The molecule has 0 bridgehead atoms. The molecule has 45 heavy (non-hydrogen) atoms. The topological polar surface area (TPSA) is 105 Å². The van der Waals surface area contributed by atoms with Crippen LogP contribution in [-0.4, -0.2) is 31.5 Å². The molecule has 0 amide bonds. The Hall–Kier alpha value is -4.72. The lowest BCUT2D eigenvalue weighted by Gasteiger charge is -2.40. The molecule has 2 aromatic carbocycles. The Morgan fingerprint density at radius 2 is 1.27 bits per heavy atom. The molecular weight excluding hydrogens is 560 g/mol. The van der Waals surface area contributed by atoms with E-state index in [1.54, 1.807) is 0 Å². The third kappa shape index (κ3) is 4.18. The number of nitrogens with zero attached hydrogens (tertiary/aromatic N) is 3. The van der Waals surface area contributed by atoms with Crippen molar-refractivity contribution in [3.8, 4) is 0 Å². The fourth-order valence-electron chi connectivity index (χ4n) is 8.42. The van der Waals surface area contributed by atoms with Gasteiger partial charge in [-0.3, -0.25) is 19.4 Å². The number of aromatic amines is 1. The fraction of sp³-hybridized carbons (Fsp3) is 0.351. The molecule has 0 fully saturated rings. The van der Waals surface area contributed by atoms with Crippen molar-refractivity contribution in [3.63, 3.8) is 0 Å². The van der Waals surface area contributed by atoms with Crippen LogP contribution in [0.1, 0.15) is 91.9 Å². The molecule has 4 heterocycles. The average Bonchev–Trinajstić information content (AvgIpc) is 3.54. The minimum absolute atomic E-state index is 0.112. The van der Waals surface area contributed by atoms with E-state index in [-0.39, 0.29) is 28.8 Å². The van der Waals surface area contributed by atoms with Gasteiger partial charge in [-0.05, 0) is 43.7 Å². The number of Topliss-reactive ketones (excluding diaryl/α,β-unsaturated/α-hetero) is 2. The minimum atomic E-state index is -0.624. The first-order chi connectivity index (χ1) is 21.5. The monoisotopic (exact) mass is 598 g/mol. The Morgan fingerprint density at radius 1 is 0.711 bits per heavy atom. The predicted molar refractivity (Wildman–Crippen MR) is 174 cm³/mol. The lowest BCUT2D eigenvalue weighted by molar-refractivity contribution is -0.119. The number of fused-ring (bicyclic) bond motifs is 2. The summed E-state index contributed by atoms with van der Waals surface area (Å²) in [6.45, 7) is 10.5. The Morgan fingerprint density at radius 3 is 1.91 bits per heavy atom. The molecule has 2 aromatic heterocycles. The van der Waals surface area contributed by atoms with Crippen LogP contribution in [0.25, 0.3) is 0 Å². The molecule has 0 radical (unpaired) electrons. The number of ketones is 2. The molecule has 4 aliphatic rings. The molecule has 4 aromatic rings. The van der Waals surface area contributed by atoms with Crippen LogP contribution in [0.4, 0.5) is 11.6 Å². The number of rotatable bonds is 3. The van der Waals surface area contributed by atoms with Crippen molar-refractivity contribution in [2.45, 2.75) is 77.7 Å². The molecule has 3 N–H and O–H groups in total. The summed E-state index contributed by atoms with van der Waals surface area (Å²) in [5.74, 6) is 1.46. The number of allylic oxidation sites excluding steroid dienone is 4. The molecular formula is C37H38N6O2. The number of aryl methyl sites for hydroxylation is 1. The Balaban J connectivity index is 1.25. The summed E-state index contributed by atoms with van der Waals surface area (Å²) >= 11 is 0. The van der Waals surface area contributed by atoms with E-state index in [4.69, 9.17) is 5.10 Å². The SMILES string of the molecule is Cc1[nH]nc2c1[C@@H](c1ccccc1)C1=C(CC(C)(n3nc4c(c3C)[C@H](c3ccccc3)C3=C(CC(C)(C)CC3=O)N4)CC1=O)N2. The molecule has 3 atom stereocenters. The van der Waals surface area contributed by atoms with Crippen molar-refractivity contribution in [3.05, 3.63) is 117 Å². The summed E-state index contributed by atoms with van der Waals surface area (Å²) in [6.07, 6.45) is 2.22. The number of H-pyrrole nitrogens is 1. The van der Waals surface area contributed by atoms with Crippen LogP contribution in [0.3, 0.4) is 0 Å². The highest BCUT2D eigenvalue weighted by Crippen LogP contribution is 2.53. The van der Waals surface area contributed by atoms with Gasteiger partial charge in [-0.15, -0.1) is 0 Å². The van der Waals surface area contributed by atoms with Gasteiger partial charge in [-0.2, -0.15) is 10.2 Å². The van der Waals surface area contributed by atoms with Crippen LogP contribution < -0.4 is 10.6 Å². The molecule has 0 saturated heterocycles. The van der Waals surface area contributed by atoms with Crippen molar-refractivity contribution in [2.75, 3.05) is 10.6 Å². The zero-order valence-electron chi connectivity index (χ0n) is 26.4. The van der Waals surface area contributed by atoms with Gasteiger partial charge >= 0.3 is 0 Å². The van der Waals surface area contributed by atoms with Gasteiger partial charge in [0.05, 0.1) is 5.54 Å². The first kappa shape index (κ1) is 27.8. The van der Waals surface area contributed by atoms with Gasteiger partial charge in [-0.1, -0.05) is 74.5 Å². The number of carbonyl (C=O) groups is 2. The first-order valence-corrected chi connectivity index (χ1v) is 15.9. The Kier molecular flexibility index (Phi) is 5.95. The van der Waals surface area contributed by atoms with Crippen molar-refractivity contribution < 1.29 is 9.59 Å². The van der Waals surface area contributed by atoms with Crippen LogP contribution in [-0.2, 0) is 15.1 Å². The van der Waals surface area contributed by atoms with Crippen LogP contribution in [0.15, 0.2) is 83.2 Å². The van der Waals surface area contributed by atoms with E-state index >= 15 is 0 Å². The highest BCUT2D eigenvalue weighted by molar-refractivity contribution is 6.02. The molecule has 1 unspecified atom stereocenters. The van der Waals surface area contributed by atoms with Gasteiger partial charge in [0.2, 0.25) is 0 Å². The van der Waals surface area contributed by atoms with Crippen molar-refractivity contribution in [1.82, 2.24) is 20.0 Å². The quantitative estimate of drug-likeness (QED) is 0.234. The summed E-state index contributed by atoms with van der Waals surface area (Å²) in [4.78, 5) is 28.1. The van der Waals surface area contributed by atoms with Crippen LogP contribution in [0.5, 0.6) is 0 Å². The van der Waals surface area contributed by atoms with E-state index < -0.39 is 5.54 Å². The van der Waals surface area contributed by atoms with Gasteiger partial charge in [0.15, 0.2) is 23.2 Å². The van der Waals surface area contributed by atoms with E-state index in [0.29, 0.717) is 19.3 Å². The van der Waals surface area contributed by atoms with Gasteiger partial charge in [0.25, 0.3) is 0 Å². The molecule has 8 heteroatoms. The number of benzene rings is 2. The zero-order valence-corrected chi connectivity index (χ0v) is 26.4. The van der Waals surface area contributed by atoms with Crippen molar-refractivity contribution in [2.24, 2.45) is 5.41 Å². The number of nitrogens with one attached hydrogen (secondary N) is 3. The highest BCUT2D eigenvalue weighted by Gasteiger charge is 2.48. The molecule has 0 spiro atoms. The maximum absolute atomic E-state index is 14.4. The molecule has 8 nitrogen and oxygen atoms in total. The standard InChI is InChI=1S/C37H38N6O2/c1-20-28-30(22-12-8-6-9-13-22)33-25(38-34(28)41-40-20)17-37(5,19-27(33)45)43-21(2)29-31(23-14-10-7-11-15-23)32-24(39-35(29)42-43)16-36(3,4)18-26(32)44/h6-15,30-31H,16-19H2,1-5H3,(H,39,42)(H2,38,40,41)/t30-,31+,37?/m1/s1. The summed E-state index contributed by atoms with van der Waals surface area (Å²) in [7, 11) is 0. The smallest absolute Gasteiger partial charge is 0.163 e. The van der Waals surface area contributed by atoms with Gasteiger partial charge in [0, 0.05) is 76.2 Å². The number of hydrogen-bond acceptors (Lipinski definition) is 6. The van der Waals surface area contributed by atoms with E-state index in [1.165, 1.54) is 0 Å². The van der Waals surface area contributed by atoms with Crippen LogP contribution in [0.2, 0.25) is 0 Å². The number of aromatic nitrogens is 4. The first-order valence-electron chi connectivity index (χ1n) is 15.9. The zero-order chi connectivity index (χ0) is 31.2. The molecule has 228 valence electrons. The normalized spacial score (nSPS) is 25.2. The number of anilines is 2. The van der Waals surface area contributed by atoms with E-state index in [9.17, 15) is 9.59 Å². The Bertz CT molecular complexity index is 1960. The van der Waals surface area contributed by atoms with E-state index in [2.05, 4.69) is 77.5 Å². The summed E-state index contributed by atoms with van der Waals surface area (Å²) in [5.41, 5.74) is 8.93. The highest BCUT2D eigenvalue weighted by atomic mass is 16.1. The third-order valence-electron chi connectivity index (χ3n) is 10.3. The maximum Gasteiger partial charge on any atom is 0.163 e. The lowest BCUT2D eigenvalue weighted by Crippen LogP contribution is -2.42. The number of carbonyl (C=O) groups excluding carboxylic acids is 2. The molecule has 8 rings (SSSR count). The van der Waals surface area contributed by atoms with Gasteiger partial charge in [-0.25, -0.2) is 0 Å². The fourth-order valence-corrected chi connectivity index (χ4v) is 8.42. The minimum Gasteiger partial charge on any atom is -0.342 e. The summed E-state index contributed by atoms with van der Waals surface area (Å²) in [6, 6.07) is 20.5. The van der Waals surface area contributed by atoms with Crippen LogP contribution >= 0.6 is 0 Å². The van der Waals surface area contributed by atoms with E-state index in [1.807, 2.05) is 43.3 Å². The maximum atomic E-state index is 14.4. The second-order valence-corrected chi connectivity index (χ2v) is 14.3. The lowest BCUT2D eigenvalue weighted by atomic mass is 9.69. The second-order valence-electron chi connectivity index (χ2n) is 14.3. The summed E-state index contributed by atoms with van der Waals surface area (Å²) in [5, 5.41) is 20.1. The van der Waals surface area contributed by atoms with Crippen molar-refractivity contribution >= 4 is 23.2 Å². The largest absolute Gasteiger partial charge is 0.342 e. The average molecular weight is 599 g/mol.